The predicted molar refractivity (Wildman–Crippen MR) is 67.6 cm³/mol. The molecule has 0 radical (unpaired) electrons. The Balaban J connectivity index is -0.0000000865. The fourth-order valence-corrected chi connectivity index (χ4v) is 0.642. The van der Waals surface area contributed by atoms with Gasteiger partial charge in [-0.05, 0) is 19.3 Å². The van der Waals surface area contributed by atoms with Gasteiger partial charge in [0.25, 0.3) is 0 Å². The predicted octanol–water partition coefficient (Wildman–Crippen LogP) is 2.61. The summed E-state index contributed by atoms with van der Waals surface area (Å²) < 4.78 is 0. The minimum absolute atomic E-state index is 0. The van der Waals surface area contributed by atoms with E-state index in [-0.39, 0.29) is 17.4 Å². The first kappa shape index (κ1) is 26.5. The first-order valence-electron chi connectivity index (χ1n) is 5.97. The second-order valence-electron chi connectivity index (χ2n) is 3.43. The largest absolute Gasteiger partial charge is 0.481 e. The molecule has 0 atom stereocenters. The third-order valence-electron chi connectivity index (χ3n) is 1.39. The van der Waals surface area contributed by atoms with Gasteiger partial charge in [-0.25, -0.2) is 0 Å². The summed E-state index contributed by atoms with van der Waals surface area (Å²) in [4.78, 5) is 28.8. The maximum absolute atomic E-state index is 9.60. The minimum atomic E-state index is -0.711. The van der Waals surface area contributed by atoms with Crippen molar-refractivity contribution in [1.82, 2.24) is 0 Å². The summed E-state index contributed by atoms with van der Waals surface area (Å²) >= 11 is 0. The summed E-state index contributed by atoms with van der Waals surface area (Å²) in [5.41, 5.74) is 0. The van der Waals surface area contributed by atoms with E-state index in [9.17, 15) is 14.4 Å². The van der Waals surface area contributed by atoms with Crippen LogP contribution < -0.4 is 0 Å². The van der Waals surface area contributed by atoms with Gasteiger partial charge in [0.15, 0.2) is 0 Å². The summed E-state index contributed by atoms with van der Waals surface area (Å²) in [7, 11) is 0. The van der Waals surface area contributed by atoms with E-state index < -0.39 is 17.9 Å². The van der Waals surface area contributed by atoms with Crippen LogP contribution in [0.3, 0.4) is 0 Å². The van der Waals surface area contributed by atoms with E-state index in [0.29, 0.717) is 19.3 Å². The van der Waals surface area contributed by atoms with E-state index in [0.717, 1.165) is 19.3 Å². The smallest absolute Gasteiger partial charge is 0.303 e. The van der Waals surface area contributed by atoms with Gasteiger partial charge >= 0.3 is 17.9 Å². The molecule has 0 aromatic carbocycles. The zero-order chi connectivity index (χ0) is 15.0. The monoisotopic (exact) mass is 316 g/mol. The van der Waals surface area contributed by atoms with Gasteiger partial charge in [-0.2, -0.15) is 0 Å². The van der Waals surface area contributed by atoms with Crippen molar-refractivity contribution < 1.29 is 47.1 Å². The van der Waals surface area contributed by atoms with Crippen molar-refractivity contribution in [2.24, 2.45) is 0 Å². The van der Waals surface area contributed by atoms with Crippen molar-refractivity contribution >= 4 is 17.9 Å². The Bertz CT molecular complexity index is 192. The molecule has 0 aromatic heterocycles. The zero-order valence-electron chi connectivity index (χ0n) is 11.7. The Morgan fingerprint density at radius 2 is 0.789 bits per heavy atom. The van der Waals surface area contributed by atoms with E-state index in [1.165, 1.54) is 0 Å². The SMILES string of the molecule is CCCC(=O)O.CCCC(=O)O.CCCC(=O)O.[Cr]. The molecule has 0 fully saturated rings. The van der Waals surface area contributed by atoms with Crippen molar-refractivity contribution in [2.45, 2.75) is 59.3 Å². The van der Waals surface area contributed by atoms with Gasteiger partial charge in [0.1, 0.15) is 0 Å². The van der Waals surface area contributed by atoms with E-state index in [4.69, 9.17) is 15.3 Å². The van der Waals surface area contributed by atoms with Crippen LogP contribution >= 0.6 is 0 Å². The molecular weight excluding hydrogens is 292 g/mol. The van der Waals surface area contributed by atoms with E-state index in [1.54, 1.807) is 0 Å². The number of hydrogen-bond donors (Lipinski definition) is 3. The summed E-state index contributed by atoms with van der Waals surface area (Å²) in [5.74, 6) is -2.13. The van der Waals surface area contributed by atoms with Gasteiger partial charge < -0.3 is 15.3 Å². The van der Waals surface area contributed by atoms with Crippen LogP contribution in [0, 0.1) is 0 Å². The van der Waals surface area contributed by atoms with E-state index in [2.05, 4.69) is 0 Å². The molecular formula is C12H24CrO6. The maximum atomic E-state index is 9.60. The molecule has 19 heavy (non-hydrogen) atoms. The maximum Gasteiger partial charge on any atom is 0.303 e. The van der Waals surface area contributed by atoms with Gasteiger partial charge in [-0.3, -0.25) is 14.4 Å². The fourth-order valence-electron chi connectivity index (χ4n) is 0.642. The molecule has 0 aliphatic carbocycles. The molecule has 0 heterocycles. The molecule has 0 saturated heterocycles. The molecule has 0 amide bonds. The third kappa shape index (κ3) is 60.0. The molecule has 6 nitrogen and oxygen atoms in total. The molecule has 0 spiro atoms. The molecule has 0 unspecified atom stereocenters. The summed E-state index contributed by atoms with van der Waals surface area (Å²) in [5, 5.41) is 23.7. The van der Waals surface area contributed by atoms with Gasteiger partial charge in [0, 0.05) is 36.6 Å². The van der Waals surface area contributed by atoms with Crippen molar-refractivity contribution in [3.63, 3.8) is 0 Å². The molecule has 7 heteroatoms. The van der Waals surface area contributed by atoms with Crippen LogP contribution in [-0.2, 0) is 31.7 Å². The Morgan fingerprint density at radius 3 is 0.789 bits per heavy atom. The topological polar surface area (TPSA) is 112 Å². The number of hydrogen-bond acceptors (Lipinski definition) is 3. The van der Waals surface area contributed by atoms with Gasteiger partial charge in [-0.15, -0.1) is 0 Å². The fraction of sp³-hybridized carbons (Fsp3) is 0.750. The van der Waals surface area contributed by atoms with Crippen LogP contribution in [0.25, 0.3) is 0 Å². The average molecular weight is 316 g/mol. The molecule has 0 rings (SSSR count). The van der Waals surface area contributed by atoms with Crippen LogP contribution in [0.1, 0.15) is 59.3 Å². The summed E-state index contributed by atoms with van der Waals surface area (Å²) in [6, 6.07) is 0. The number of carboxylic acids is 3. The Labute approximate surface area is 125 Å². The number of carboxylic acid groups (broad SMARTS) is 3. The van der Waals surface area contributed by atoms with Crippen LogP contribution in [0.5, 0.6) is 0 Å². The van der Waals surface area contributed by atoms with Gasteiger partial charge in [-0.1, -0.05) is 20.8 Å². The van der Waals surface area contributed by atoms with Crippen molar-refractivity contribution in [1.29, 1.82) is 0 Å². The Hall–Kier alpha value is -1.06. The van der Waals surface area contributed by atoms with Gasteiger partial charge in [0.2, 0.25) is 0 Å². The average Bonchev–Trinajstić information content (AvgIpc) is 2.18. The van der Waals surface area contributed by atoms with Crippen molar-refractivity contribution in [3.05, 3.63) is 0 Å². The van der Waals surface area contributed by atoms with E-state index in [1.807, 2.05) is 20.8 Å². The number of aliphatic carboxylic acids is 3. The zero-order valence-corrected chi connectivity index (χ0v) is 13.0. The van der Waals surface area contributed by atoms with Crippen molar-refractivity contribution in [3.8, 4) is 0 Å². The number of rotatable bonds is 6. The molecule has 114 valence electrons. The van der Waals surface area contributed by atoms with Gasteiger partial charge in [0.05, 0.1) is 0 Å². The Kier molecular flexibility index (Phi) is 30.9. The number of carbonyl (C=O) groups is 3. The Morgan fingerprint density at radius 1 is 0.632 bits per heavy atom. The molecule has 0 aliphatic rings. The van der Waals surface area contributed by atoms with Crippen LogP contribution in [0.15, 0.2) is 0 Å². The van der Waals surface area contributed by atoms with E-state index >= 15 is 0 Å². The normalized spacial score (nSPS) is 7.74. The quantitative estimate of drug-likeness (QED) is 0.694. The van der Waals surface area contributed by atoms with Crippen LogP contribution in [0.2, 0.25) is 0 Å². The van der Waals surface area contributed by atoms with Crippen LogP contribution in [0.4, 0.5) is 0 Å². The molecule has 0 saturated carbocycles. The van der Waals surface area contributed by atoms with Crippen LogP contribution in [-0.4, -0.2) is 33.2 Å². The summed E-state index contributed by atoms with van der Waals surface area (Å²) in [6.45, 7) is 5.52. The summed E-state index contributed by atoms with van der Waals surface area (Å²) in [6.07, 6.45) is 3.07. The molecule has 0 aromatic rings. The third-order valence-corrected chi connectivity index (χ3v) is 1.39. The molecule has 3 N–H and O–H groups in total. The second kappa shape index (κ2) is 22.2. The van der Waals surface area contributed by atoms with Crippen molar-refractivity contribution in [2.75, 3.05) is 0 Å². The molecule has 0 aliphatic heterocycles. The molecule has 0 bridgehead atoms. The first-order valence-corrected chi connectivity index (χ1v) is 5.97. The first-order chi connectivity index (χ1) is 8.31. The second-order valence-corrected chi connectivity index (χ2v) is 3.43. The standard InChI is InChI=1S/3C4H8O2.Cr/c3*1-2-3-4(5)6;/h3*2-3H2,1H3,(H,5,6);. The minimum Gasteiger partial charge on any atom is -0.481 e.